The van der Waals surface area contributed by atoms with Crippen LogP contribution in [0, 0.1) is 0 Å². The second-order valence-electron chi connectivity index (χ2n) is 3.10. The van der Waals surface area contributed by atoms with Crippen molar-refractivity contribution in [2.75, 3.05) is 7.05 Å². The molecule has 0 atom stereocenters. The summed E-state index contributed by atoms with van der Waals surface area (Å²) in [6, 6.07) is 0.548. The molecule has 0 spiro atoms. The van der Waals surface area contributed by atoms with Gasteiger partial charge in [0.05, 0.1) is 0 Å². The lowest BCUT2D eigenvalue weighted by Crippen LogP contribution is -2.24. The Bertz CT molecular complexity index is 136. The Hall–Kier alpha value is -0.720. The predicted molar refractivity (Wildman–Crippen MR) is 51.5 cm³/mol. The van der Waals surface area contributed by atoms with Crippen LogP contribution in [0.2, 0.25) is 0 Å². The summed E-state index contributed by atoms with van der Waals surface area (Å²) in [5.41, 5.74) is 1.19. The summed E-state index contributed by atoms with van der Waals surface area (Å²) in [6.45, 7) is 12.0. The van der Waals surface area contributed by atoms with Gasteiger partial charge in [-0.2, -0.15) is 0 Å². The third-order valence-corrected chi connectivity index (χ3v) is 1.91. The molecule has 0 N–H and O–H groups in total. The zero-order chi connectivity index (χ0) is 8.85. The van der Waals surface area contributed by atoms with E-state index in [4.69, 9.17) is 0 Å². The molecular weight excluding hydrogens is 134 g/mol. The van der Waals surface area contributed by atoms with E-state index in [1.165, 1.54) is 5.70 Å². The fourth-order valence-electron chi connectivity index (χ4n) is 0.810. The smallest absolute Gasteiger partial charge is 0.0226 e. The maximum Gasteiger partial charge on any atom is 0.0226 e. The highest BCUT2D eigenvalue weighted by Gasteiger charge is 2.03. The van der Waals surface area contributed by atoms with Gasteiger partial charge in [-0.05, 0) is 26.7 Å². The van der Waals surface area contributed by atoms with Crippen molar-refractivity contribution >= 4 is 0 Å². The van der Waals surface area contributed by atoms with Crippen molar-refractivity contribution in [3.8, 4) is 0 Å². The van der Waals surface area contributed by atoms with Crippen molar-refractivity contribution in [1.82, 2.24) is 4.90 Å². The Morgan fingerprint density at radius 2 is 2.09 bits per heavy atom. The van der Waals surface area contributed by atoms with Crippen molar-refractivity contribution in [3.05, 3.63) is 24.9 Å². The standard InChI is InChI=1S/C10H19N/c1-6-7-8-10(4)11(5)9(2)3/h6,9H,1,4,7-8H2,2-3,5H3. The normalized spacial score (nSPS) is 9.82. The van der Waals surface area contributed by atoms with E-state index in [0.29, 0.717) is 6.04 Å². The summed E-state index contributed by atoms with van der Waals surface area (Å²) < 4.78 is 0. The van der Waals surface area contributed by atoms with E-state index in [2.05, 4.69) is 39.0 Å². The van der Waals surface area contributed by atoms with Crippen LogP contribution in [-0.4, -0.2) is 18.0 Å². The molecule has 0 fully saturated rings. The summed E-state index contributed by atoms with van der Waals surface area (Å²) >= 11 is 0. The second kappa shape index (κ2) is 5.00. The lowest BCUT2D eigenvalue weighted by Gasteiger charge is -2.25. The average Bonchev–Trinajstić information content (AvgIpc) is 1.98. The van der Waals surface area contributed by atoms with Crippen molar-refractivity contribution in [3.63, 3.8) is 0 Å². The van der Waals surface area contributed by atoms with Gasteiger partial charge in [0, 0.05) is 18.8 Å². The Morgan fingerprint density at radius 3 is 2.45 bits per heavy atom. The molecule has 0 aliphatic carbocycles. The molecule has 0 amide bonds. The van der Waals surface area contributed by atoms with Crippen LogP contribution >= 0.6 is 0 Å². The Labute approximate surface area is 70.4 Å². The molecule has 0 unspecified atom stereocenters. The van der Waals surface area contributed by atoms with Crippen LogP contribution < -0.4 is 0 Å². The molecule has 0 saturated heterocycles. The molecule has 64 valence electrons. The molecule has 0 aromatic heterocycles. The molecular formula is C10H19N. The molecule has 0 aromatic rings. The third kappa shape index (κ3) is 3.87. The van der Waals surface area contributed by atoms with Crippen LogP contribution in [0.25, 0.3) is 0 Å². The van der Waals surface area contributed by atoms with Crippen molar-refractivity contribution in [2.45, 2.75) is 32.7 Å². The van der Waals surface area contributed by atoms with Crippen LogP contribution in [0.1, 0.15) is 26.7 Å². The zero-order valence-corrected chi connectivity index (χ0v) is 7.93. The molecule has 0 aromatic carbocycles. The van der Waals surface area contributed by atoms with Gasteiger partial charge in [0.25, 0.3) is 0 Å². The quantitative estimate of drug-likeness (QED) is 0.549. The van der Waals surface area contributed by atoms with Crippen molar-refractivity contribution in [1.29, 1.82) is 0 Å². The summed E-state index contributed by atoms with van der Waals surface area (Å²) in [5, 5.41) is 0. The summed E-state index contributed by atoms with van der Waals surface area (Å²) in [6.07, 6.45) is 3.98. The minimum absolute atomic E-state index is 0.548. The fraction of sp³-hybridized carbons (Fsp3) is 0.600. The zero-order valence-electron chi connectivity index (χ0n) is 7.93. The lowest BCUT2D eigenvalue weighted by molar-refractivity contribution is 0.334. The highest BCUT2D eigenvalue weighted by atomic mass is 15.1. The maximum atomic E-state index is 3.99. The summed E-state index contributed by atoms with van der Waals surface area (Å²) in [5.74, 6) is 0. The van der Waals surface area contributed by atoms with E-state index in [9.17, 15) is 0 Å². The van der Waals surface area contributed by atoms with Gasteiger partial charge in [-0.3, -0.25) is 0 Å². The lowest BCUT2D eigenvalue weighted by atomic mass is 10.2. The first kappa shape index (κ1) is 10.3. The van der Waals surface area contributed by atoms with Gasteiger partial charge in [0.15, 0.2) is 0 Å². The topological polar surface area (TPSA) is 3.24 Å². The third-order valence-electron chi connectivity index (χ3n) is 1.91. The van der Waals surface area contributed by atoms with Crippen LogP contribution in [0.15, 0.2) is 24.9 Å². The SMILES string of the molecule is C=CCCC(=C)N(C)C(C)C. The number of nitrogens with zero attached hydrogens (tertiary/aromatic N) is 1. The number of allylic oxidation sites excluding steroid dienone is 2. The molecule has 0 radical (unpaired) electrons. The van der Waals surface area contributed by atoms with Crippen molar-refractivity contribution < 1.29 is 0 Å². The predicted octanol–water partition coefficient (Wildman–Crippen LogP) is 2.81. The minimum atomic E-state index is 0.548. The molecule has 11 heavy (non-hydrogen) atoms. The van der Waals surface area contributed by atoms with E-state index in [0.717, 1.165) is 12.8 Å². The van der Waals surface area contributed by atoms with Crippen LogP contribution in [0.5, 0.6) is 0 Å². The van der Waals surface area contributed by atoms with Crippen LogP contribution in [0.3, 0.4) is 0 Å². The van der Waals surface area contributed by atoms with Gasteiger partial charge in [0.2, 0.25) is 0 Å². The summed E-state index contributed by atoms with van der Waals surface area (Å²) in [7, 11) is 2.08. The van der Waals surface area contributed by atoms with Gasteiger partial charge in [-0.1, -0.05) is 12.7 Å². The molecule has 0 rings (SSSR count). The number of hydrogen-bond acceptors (Lipinski definition) is 1. The fourth-order valence-corrected chi connectivity index (χ4v) is 0.810. The highest BCUT2D eigenvalue weighted by molar-refractivity contribution is 4.95. The molecule has 0 bridgehead atoms. The molecule has 1 heteroatoms. The number of rotatable bonds is 5. The Morgan fingerprint density at radius 1 is 1.55 bits per heavy atom. The Kier molecular flexibility index (Phi) is 4.67. The van der Waals surface area contributed by atoms with Crippen LogP contribution in [-0.2, 0) is 0 Å². The summed E-state index contributed by atoms with van der Waals surface area (Å²) in [4.78, 5) is 2.20. The largest absolute Gasteiger partial charge is 0.376 e. The Balaban J connectivity index is 3.73. The molecule has 0 saturated carbocycles. The van der Waals surface area contributed by atoms with Gasteiger partial charge >= 0.3 is 0 Å². The van der Waals surface area contributed by atoms with Gasteiger partial charge < -0.3 is 4.90 Å². The van der Waals surface area contributed by atoms with E-state index >= 15 is 0 Å². The van der Waals surface area contributed by atoms with Crippen molar-refractivity contribution in [2.24, 2.45) is 0 Å². The minimum Gasteiger partial charge on any atom is -0.376 e. The molecule has 1 nitrogen and oxygen atoms in total. The van der Waals surface area contributed by atoms with E-state index in [-0.39, 0.29) is 0 Å². The molecule has 0 aliphatic heterocycles. The average molecular weight is 153 g/mol. The second-order valence-corrected chi connectivity index (χ2v) is 3.10. The van der Waals surface area contributed by atoms with E-state index < -0.39 is 0 Å². The van der Waals surface area contributed by atoms with Crippen LogP contribution in [0.4, 0.5) is 0 Å². The van der Waals surface area contributed by atoms with E-state index in [1.54, 1.807) is 0 Å². The van der Waals surface area contributed by atoms with E-state index in [1.807, 2.05) is 6.08 Å². The molecule has 0 heterocycles. The first-order valence-corrected chi connectivity index (χ1v) is 4.11. The van der Waals surface area contributed by atoms with Gasteiger partial charge in [-0.25, -0.2) is 0 Å². The van der Waals surface area contributed by atoms with Gasteiger partial charge in [-0.15, -0.1) is 6.58 Å². The first-order chi connectivity index (χ1) is 5.09. The van der Waals surface area contributed by atoms with Gasteiger partial charge in [0.1, 0.15) is 0 Å². The monoisotopic (exact) mass is 153 g/mol. The number of hydrogen-bond donors (Lipinski definition) is 0. The highest BCUT2D eigenvalue weighted by Crippen LogP contribution is 2.10. The first-order valence-electron chi connectivity index (χ1n) is 4.11. The maximum absolute atomic E-state index is 3.99. The molecule has 0 aliphatic rings.